The predicted octanol–water partition coefficient (Wildman–Crippen LogP) is 6.33. The van der Waals surface area contributed by atoms with Crippen molar-refractivity contribution in [2.45, 2.75) is 122 Å². The van der Waals surface area contributed by atoms with E-state index in [4.69, 9.17) is 10.8 Å². The molecule has 5 N–H and O–H groups in total. The second-order valence-corrected chi connectivity index (χ2v) is 8.52. The van der Waals surface area contributed by atoms with Gasteiger partial charge in [-0.3, -0.25) is 4.79 Å². The number of allylic oxidation sites excluding steroid dienone is 2. The van der Waals surface area contributed by atoms with Gasteiger partial charge in [-0.25, -0.2) is 4.79 Å². The molecule has 0 aromatic rings. The van der Waals surface area contributed by atoms with Gasteiger partial charge in [-0.1, -0.05) is 76.9 Å². The van der Waals surface area contributed by atoms with Gasteiger partial charge < -0.3 is 21.5 Å². The van der Waals surface area contributed by atoms with Gasteiger partial charge in [-0.05, 0) is 57.9 Å². The summed E-state index contributed by atoms with van der Waals surface area (Å²) in [5.74, 6) is -0.229. The number of unbranched alkanes of at least 4 members (excludes halogenated alkanes) is 13. The first-order valence-electron chi connectivity index (χ1n) is 12.7. The van der Waals surface area contributed by atoms with E-state index in [1.165, 1.54) is 77.0 Å². The smallest absolute Gasteiger partial charge is 0.405 e. The monoisotopic (exact) mass is 475 g/mol. The van der Waals surface area contributed by atoms with Crippen LogP contribution in [0.3, 0.4) is 0 Å². The highest BCUT2D eigenvalue weighted by Crippen LogP contribution is 2.10. The van der Waals surface area contributed by atoms with Gasteiger partial charge in [0.15, 0.2) is 0 Å². The maximum absolute atomic E-state index is 12.2. The Kier molecular flexibility index (Phi) is 26.7. The Labute approximate surface area is 203 Å². The zero-order valence-electron chi connectivity index (χ0n) is 20.4. The number of hydrogen-bond acceptors (Lipinski definition) is 3. The molecule has 6 nitrogen and oxygen atoms in total. The Morgan fingerprint density at radius 3 is 1.88 bits per heavy atom. The van der Waals surface area contributed by atoms with Gasteiger partial charge in [0.1, 0.15) is 6.04 Å². The molecule has 0 rings (SSSR count). The minimum Gasteiger partial charge on any atom is -0.465 e. The van der Waals surface area contributed by atoms with E-state index in [2.05, 4.69) is 29.7 Å². The van der Waals surface area contributed by atoms with Gasteiger partial charge in [-0.2, -0.15) is 0 Å². The minimum absolute atomic E-state index is 0. The van der Waals surface area contributed by atoms with E-state index in [9.17, 15) is 9.59 Å². The number of halogens is 1. The van der Waals surface area contributed by atoms with Crippen LogP contribution < -0.4 is 16.4 Å². The third-order valence-corrected chi connectivity index (χ3v) is 5.55. The summed E-state index contributed by atoms with van der Waals surface area (Å²) in [5.41, 5.74) is 5.46. The fourth-order valence-electron chi connectivity index (χ4n) is 3.62. The Morgan fingerprint density at radius 2 is 1.34 bits per heavy atom. The first-order chi connectivity index (χ1) is 15.1. The van der Waals surface area contributed by atoms with E-state index in [1.807, 2.05) is 0 Å². The van der Waals surface area contributed by atoms with Crippen LogP contribution in [-0.2, 0) is 4.79 Å². The number of carbonyl (C=O) groups excluding carboxylic acids is 1. The number of nitrogens with one attached hydrogen (secondary N) is 2. The number of rotatable bonds is 22. The van der Waals surface area contributed by atoms with E-state index in [-0.39, 0.29) is 18.3 Å². The first kappa shape index (κ1) is 32.9. The molecule has 0 saturated carbocycles. The third-order valence-electron chi connectivity index (χ3n) is 5.55. The summed E-state index contributed by atoms with van der Waals surface area (Å²) in [5, 5.41) is 14.1. The van der Waals surface area contributed by atoms with Crippen LogP contribution in [0.25, 0.3) is 0 Å². The van der Waals surface area contributed by atoms with Crippen molar-refractivity contribution >= 4 is 24.4 Å². The Balaban J connectivity index is 0. The highest BCUT2D eigenvalue weighted by Gasteiger charge is 2.19. The summed E-state index contributed by atoms with van der Waals surface area (Å²) in [6.45, 7) is 3.42. The first-order valence-corrected chi connectivity index (χ1v) is 12.7. The van der Waals surface area contributed by atoms with Crippen LogP contribution in [0.4, 0.5) is 4.79 Å². The third kappa shape index (κ3) is 23.4. The number of amides is 2. The molecule has 0 aromatic heterocycles. The average molecular weight is 476 g/mol. The van der Waals surface area contributed by atoms with Gasteiger partial charge in [0.2, 0.25) is 5.91 Å². The number of carbonyl (C=O) groups is 2. The second-order valence-electron chi connectivity index (χ2n) is 8.52. The summed E-state index contributed by atoms with van der Waals surface area (Å²) >= 11 is 0. The van der Waals surface area contributed by atoms with Crippen molar-refractivity contribution in [3.63, 3.8) is 0 Å². The Hall–Kier alpha value is -1.27. The Morgan fingerprint density at radius 1 is 0.812 bits per heavy atom. The van der Waals surface area contributed by atoms with Crippen molar-refractivity contribution in [2.75, 3.05) is 13.1 Å². The van der Waals surface area contributed by atoms with E-state index in [0.29, 0.717) is 19.5 Å². The van der Waals surface area contributed by atoms with Crippen LogP contribution >= 0.6 is 12.4 Å². The molecule has 0 heterocycles. The zero-order chi connectivity index (χ0) is 23.0. The average Bonchev–Trinajstić information content (AvgIpc) is 2.75. The quantitative estimate of drug-likeness (QED) is 0.108. The van der Waals surface area contributed by atoms with Crippen molar-refractivity contribution in [3.8, 4) is 0 Å². The maximum atomic E-state index is 12.2. The predicted molar refractivity (Wildman–Crippen MR) is 138 cm³/mol. The topological polar surface area (TPSA) is 104 Å². The molecule has 0 radical (unpaired) electrons. The van der Waals surface area contributed by atoms with Crippen LogP contribution in [0.5, 0.6) is 0 Å². The van der Waals surface area contributed by atoms with Crippen LogP contribution in [-0.4, -0.2) is 36.2 Å². The van der Waals surface area contributed by atoms with Gasteiger partial charge in [-0.15, -0.1) is 12.4 Å². The molecule has 1 unspecified atom stereocenters. The molecular weight excluding hydrogens is 426 g/mol. The van der Waals surface area contributed by atoms with Gasteiger partial charge >= 0.3 is 6.09 Å². The van der Waals surface area contributed by atoms with Crippen LogP contribution in [0.1, 0.15) is 116 Å². The molecule has 7 heteroatoms. The molecule has 0 aliphatic carbocycles. The number of carboxylic acid groups (broad SMARTS) is 1. The molecule has 0 fully saturated rings. The molecular formula is C25H50ClN3O3. The SMILES string of the molecule is CCCCCCCC/C=C\CCCCCCCCNC(=O)C(CCCCN)NC(=O)O.Cl. The molecule has 1 atom stereocenters. The molecule has 0 saturated heterocycles. The van der Waals surface area contributed by atoms with Crippen molar-refractivity contribution in [1.82, 2.24) is 10.6 Å². The van der Waals surface area contributed by atoms with Crippen LogP contribution in [0, 0.1) is 0 Å². The summed E-state index contributed by atoms with van der Waals surface area (Å²) in [6, 6.07) is -0.682. The van der Waals surface area contributed by atoms with E-state index in [0.717, 1.165) is 25.7 Å². The molecule has 0 spiro atoms. The molecule has 0 aliphatic heterocycles. The number of nitrogens with two attached hydrogens (primary N) is 1. The number of hydrogen-bond donors (Lipinski definition) is 4. The van der Waals surface area contributed by atoms with Gasteiger partial charge in [0.25, 0.3) is 0 Å². The fraction of sp³-hybridized carbons (Fsp3) is 0.840. The van der Waals surface area contributed by atoms with Gasteiger partial charge in [0, 0.05) is 6.54 Å². The van der Waals surface area contributed by atoms with Crippen LogP contribution in [0.15, 0.2) is 12.2 Å². The molecule has 0 aliphatic rings. The summed E-state index contributed by atoms with van der Waals surface area (Å²) in [6.07, 6.45) is 23.1. The lowest BCUT2D eigenvalue weighted by molar-refractivity contribution is -0.123. The van der Waals surface area contributed by atoms with Crippen molar-refractivity contribution < 1.29 is 14.7 Å². The largest absolute Gasteiger partial charge is 0.465 e. The lowest BCUT2D eigenvalue weighted by Crippen LogP contribution is -2.46. The fourth-order valence-corrected chi connectivity index (χ4v) is 3.62. The normalized spacial score (nSPS) is 11.8. The second kappa shape index (κ2) is 26.0. The zero-order valence-corrected chi connectivity index (χ0v) is 21.2. The molecule has 0 aromatic carbocycles. The molecule has 0 bridgehead atoms. The molecule has 2 amide bonds. The van der Waals surface area contributed by atoms with Crippen molar-refractivity contribution in [2.24, 2.45) is 5.73 Å². The minimum atomic E-state index is -1.16. The standard InChI is InChI=1S/C25H49N3O3.ClH/c1-2-3-4-5-6-7-8-9-10-11-12-13-14-15-16-19-22-27-24(29)23(28-25(30)31)20-17-18-21-26;/h9-10,23,28H,2-8,11-22,26H2,1H3,(H,27,29)(H,30,31);1H/b10-9-;. The van der Waals surface area contributed by atoms with Crippen molar-refractivity contribution in [3.05, 3.63) is 12.2 Å². The molecule has 190 valence electrons. The summed E-state index contributed by atoms with van der Waals surface area (Å²) < 4.78 is 0. The van der Waals surface area contributed by atoms with E-state index < -0.39 is 12.1 Å². The highest BCUT2D eigenvalue weighted by molar-refractivity contribution is 5.85. The van der Waals surface area contributed by atoms with Gasteiger partial charge in [0.05, 0.1) is 0 Å². The van der Waals surface area contributed by atoms with Crippen LogP contribution in [0.2, 0.25) is 0 Å². The molecule has 32 heavy (non-hydrogen) atoms. The lowest BCUT2D eigenvalue weighted by Gasteiger charge is -2.16. The van der Waals surface area contributed by atoms with E-state index in [1.54, 1.807) is 0 Å². The lowest BCUT2D eigenvalue weighted by atomic mass is 10.1. The summed E-state index contributed by atoms with van der Waals surface area (Å²) in [4.78, 5) is 23.0. The summed E-state index contributed by atoms with van der Waals surface area (Å²) in [7, 11) is 0. The highest BCUT2D eigenvalue weighted by atomic mass is 35.5. The van der Waals surface area contributed by atoms with Crippen molar-refractivity contribution in [1.29, 1.82) is 0 Å². The van der Waals surface area contributed by atoms with E-state index >= 15 is 0 Å². The maximum Gasteiger partial charge on any atom is 0.405 e. The Bertz CT molecular complexity index is 462.